The molecule has 0 saturated carbocycles. The van der Waals surface area contributed by atoms with Gasteiger partial charge in [0.25, 0.3) is 0 Å². The molecule has 0 radical (unpaired) electrons. The number of hydrogen-bond acceptors (Lipinski definition) is 3. The lowest BCUT2D eigenvalue weighted by Gasteiger charge is -2.06. The summed E-state index contributed by atoms with van der Waals surface area (Å²) in [4.78, 5) is 16.9. The number of hydroxylamine groups is 1. The van der Waals surface area contributed by atoms with E-state index in [0.717, 1.165) is 0 Å². The van der Waals surface area contributed by atoms with Crippen molar-refractivity contribution in [2.75, 3.05) is 6.61 Å². The number of para-hydroxylation sites is 1. The first kappa shape index (κ1) is 13.5. The number of halogens is 1. The summed E-state index contributed by atoms with van der Waals surface area (Å²) in [5.41, 5.74) is 2.99. The maximum atomic E-state index is 13.5. The van der Waals surface area contributed by atoms with Gasteiger partial charge in [-0.15, -0.1) is 0 Å². The van der Waals surface area contributed by atoms with Crippen LogP contribution in [0.5, 0.6) is 0 Å². The Hall–Kier alpha value is -1.88. The van der Waals surface area contributed by atoms with Crippen LogP contribution in [0.1, 0.15) is 30.0 Å². The Morgan fingerprint density at radius 1 is 1.47 bits per heavy atom. The predicted octanol–water partition coefficient (Wildman–Crippen LogP) is 3.20. The summed E-state index contributed by atoms with van der Waals surface area (Å²) in [6.07, 6.45) is 0. The van der Waals surface area contributed by atoms with Crippen molar-refractivity contribution in [3.8, 4) is 0 Å². The van der Waals surface area contributed by atoms with Crippen molar-refractivity contribution in [3.63, 3.8) is 0 Å². The van der Waals surface area contributed by atoms with Gasteiger partial charge in [-0.1, -0.05) is 26.0 Å². The quantitative estimate of drug-likeness (QED) is 0.864. The number of hydrogen-bond donors (Lipinski definition) is 1. The minimum atomic E-state index is -0.506. The van der Waals surface area contributed by atoms with Crippen LogP contribution in [0, 0.1) is 18.7 Å². The molecule has 5 heteroatoms. The zero-order valence-corrected chi connectivity index (χ0v) is 11.1. The fourth-order valence-electron chi connectivity index (χ4n) is 1.75. The first-order chi connectivity index (χ1) is 9.00. The Morgan fingerprint density at radius 3 is 2.84 bits per heavy atom. The average Bonchev–Trinajstić information content (AvgIpc) is 2.68. The fourth-order valence-corrected chi connectivity index (χ4v) is 1.75. The number of carbonyl (C=O) groups excluding carboxylic acids is 1. The van der Waals surface area contributed by atoms with Gasteiger partial charge in [0, 0.05) is 10.9 Å². The van der Waals surface area contributed by atoms with Gasteiger partial charge >= 0.3 is 5.91 Å². The van der Waals surface area contributed by atoms with Crippen LogP contribution in [0.3, 0.4) is 0 Å². The summed E-state index contributed by atoms with van der Waals surface area (Å²) in [7, 11) is 0. The molecule has 1 aromatic heterocycles. The molecule has 1 aromatic carbocycles. The molecule has 0 fully saturated rings. The minimum absolute atomic E-state index is 0.0730. The summed E-state index contributed by atoms with van der Waals surface area (Å²) in [6.45, 7) is 6.05. The van der Waals surface area contributed by atoms with Crippen molar-refractivity contribution in [2.24, 2.45) is 5.92 Å². The van der Waals surface area contributed by atoms with E-state index >= 15 is 0 Å². The number of furan rings is 1. The molecule has 0 aliphatic heterocycles. The zero-order chi connectivity index (χ0) is 14.0. The maximum absolute atomic E-state index is 13.5. The van der Waals surface area contributed by atoms with Gasteiger partial charge in [-0.05, 0) is 18.9 Å². The Balaban J connectivity index is 2.23. The van der Waals surface area contributed by atoms with Crippen LogP contribution in [-0.4, -0.2) is 12.5 Å². The number of aryl methyl sites for hydroxylation is 1. The van der Waals surface area contributed by atoms with Crippen molar-refractivity contribution in [2.45, 2.75) is 20.8 Å². The summed E-state index contributed by atoms with van der Waals surface area (Å²) < 4.78 is 18.8. The predicted molar refractivity (Wildman–Crippen MR) is 69.2 cm³/mol. The lowest BCUT2D eigenvalue weighted by molar-refractivity contribution is 0.0189. The van der Waals surface area contributed by atoms with Crippen molar-refractivity contribution >= 4 is 16.9 Å². The molecule has 0 atom stereocenters. The second-order valence-corrected chi connectivity index (χ2v) is 4.81. The van der Waals surface area contributed by atoms with Gasteiger partial charge in [0.1, 0.15) is 0 Å². The molecule has 0 spiro atoms. The first-order valence-electron chi connectivity index (χ1n) is 6.10. The van der Waals surface area contributed by atoms with E-state index in [-0.39, 0.29) is 11.3 Å². The van der Waals surface area contributed by atoms with Gasteiger partial charge in [0.05, 0.1) is 6.61 Å². The molecule has 1 heterocycles. The van der Waals surface area contributed by atoms with Crippen LogP contribution < -0.4 is 5.48 Å². The van der Waals surface area contributed by atoms with Crippen LogP contribution in [0.2, 0.25) is 0 Å². The summed E-state index contributed by atoms with van der Waals surface area (Å²) >= 11 is 0. The Morgan fingerprint density at radius 2 is 2.21 bits per heavy atom. The average molecular weight is 265 g/mol. The van der Waals surface area contributed by atoms with E-state index in [4.69, 9.17) is 9.25 Å². The number of amides is 1. The summed E-state index contributed by atoms with van der Waals surface area (Å²) in [6, 6.07) is 4.59. The highest BCUT2D eigenvalue weighted by molar-refractivity contribution is 5.98. The smallest absolute Gasteiger partial charge is 0.310 e. The maximum Gasteiger partial charge on any atom is 0.310 e. The standard InChI is InChI=1S/C14H16FNO3/c1-8(2)7-18-16-14(17)12-9(3)10-5-4-6-11(15)13(10)19-12/h4-6,8H,7H2,1-3H3,(H,16,17). The number of fused-ring (bicyclic) bond motifs is 1. The minimum Gasteiger partial charge on any atom is -0.447 e. The van der Waals surface area contributed by atoms with Gasteiger partial charge in [-0.3, -0.25) is 9.63 Å². The first-order valence-corrected chi connectivity index (χ1v) is 6.10. The van der Waals surface area contributed by atoms with Crippen molar-refractivity contribution in [1.29, 1.82) is 0 Å². The van der Waals surface area contributed by atoms with E-state index in [2.05, 4.69) is 5.48 Å². The van der Waals surface area contributed by atoms with Crippen molar-refractivity contribution < 1.29 is 18.4 Å². The normalized spacial score (nSPS) is 11.2. The molecule has 0 aliphatic carbocycles. The SMILES string of the molecule is Cc1c(C(=O)NOCC(C)C)oc2c(F)cccc12. The largest absolute Gasteiger partial charge is 0.447 e. The molecule has 0 aliphatic rings. The molecule has 102 valence electrons. The van der Waals surface area contributed by atoms with Gasteiger partial charge in [0.15, 0.2) is 17.2 Å². The van der Waals surface area contributed by atoms with E-state index in [9.17, 15) is 9.18 Å². The molecular weight excluding hydrogens is 249 g/mol. The van der Waals surface area contributed by atoms with E-state index in [1.54, 1.807) is 19.1 Å². The Labute approximate surface area is 110 Å². The van der Waals surface area contributed by atoms with Gasteiger partial charge in [-0.2, -0.15) is 0 Å². The van der Waals surface area contributed by atoms with Crippen LogP contribution in [0.25, 0.3) is 11.0 Å². The number of rotatable bonds is 4. The third-order valence-electron chi connectivity index (χ3n) is 2.70. The molecule has 0 saturated heterocycles. The third-order valence-corrected chi connectivity index (χ3v) is 2.70. The second kappa shape index (κ2) is 5.40. The molecule has 2 aromatic rings. The second-order valence-electron chi connectivity index (χ2n) is 4.81. The number of carbonyl (C=O) groups is 1. The molecular formula is C14H16FNO3. The lowest BCUT2D eigenvalue weighted by Crippen LogP contribution is -2.25. The van der Waals surface area contributed by atoms with Crippen LogP contribution >= 0.6 is 0 Å². The molecule has 19 heavy (non-hydrogen) atoms. The molecule has 2 rings (SSSR count). The number of benzene rings is 1. The summed E-state index contributed by atoms with van der Waals surface area (Å²) in [5.74, 6) is -0.616. The van der Waals surface area contributed by atoms with Crippen LogP contribution in [-0.2, 0) is 4.84 Å². The highest BCUT2D eigenvalue weighted by atomic mass is 19.1. The Kier molecular flexibility index (Phi) is 3.85. The monoisotopic (exact) mass is 265 g/mol. The fraction of sp³-hybridized carbons (Fsp3) is 0.357. The van der Waals surface area contributed by atoms with E-state index < -0.39 is 11.7 Å². The molecule has 1 N–H and O–H groups in total. The summed E-state index contributed by atoms with van der Waals surface area (Å²) in [5, 5.41) is 0.592. The lowest BCUT2D eigenvalue weighted by atomic mass is 10.1. The van der Waals surface area contributed by atoms with Gasteiger partial charge < -0.3 is 4.42 Å². The van der Waals surface area contributed by atoms with Gasteiger partial charge in [-0.25, -0.2) is 9.87 Å². The molecule has 4 nitrogen and oxygen atoms in total. The number of nitrogens with one attached hydrogen (secondary N) is 1. The molecule has 0 unspecified atom stereocenters. The highest BCUT2D eigenvalue weighted by Crippen LogP contribution is 2.27. The van der Waals surface area contributed by atoms with Gasteiger partial charge in [0.2, 0.25) is 0 Å². The third kappa shape index (κ3) is 2.76. The van der Waals surface area contributed by atoms with Crippen molar-refractivity contribution in [3.05, 3.63) is 35.3 Å². The van der Waals surface area contributed by atoms with E-state index in [1.165, 1.54) is 6.07 Å². The van der Waals surface area contributed by atoms with E-state index in [0.29, 0.717) is 23.5 Å². The highest BCUT2D eigenvalue weighted by Gasteiger charge is 2.19. The van der Waals surface area contributed by atoms with Crippen molar-refractivity contribution in [1.82, 2.24) is 5.48 Å². The zero-order valence-electron chi connectivity index (χ0n) is 11.1. The van der Waals surface area contributed by atoms with E-state index in [1.807, 2.05) is 13.8 Å². The van der Waals surface area contributed by atoms with Crippen LogP contribution in [0.4, 0.5) is 4.39 Å². The Bertz CT molecular complexity index is 604. The molecule has 0 bridgehead atoms. The topological polar surface area (TPSA) is 51.5 Å². The van der Waals surface area contributed by atoms with Crippen LogP contribution in [0.15, 0.2) is 22.6 Å². The molecule has 1 amide bonds.